The lowest BCUT2D eigenvalue weighted by molar-refractivity contribution is -0.114. The molecule has 0 fully saturated rings. The molecule has 0 spiro atoms. The molecule has 2 aromatic carbocycles. The molecule has 0 atom stereocenters. The lowest BCUT2D eigenvalue weighted by Crippen LogP contribution is -2.24. The fourth-order valence-corrected chi connectivity index (χ4v) is 3.13. The predicted octanol–water partition coefficient (Wildman–Crippen LogP) is 4.09. The number of hydrogen-bond acceptors (Lipinski definition) is 5. The number of hydrogen-bond donors (Lipinski definition) is 1. The van der Waals surface area contributed by atoms with Crippen LogP contribution in [0.4, 0.5) is 5.82 Å². The molecule has 3 aromatic rings. The first-order valence-corrected chi connectivity index (χ1v) is 8.44. The van der Waals surface area contributed by atoms with Crippen LogP contribution in [0.1, 0.15) is 26.3 Å². The minimum atomic E-state index is -0.270. The Morgan fingerprint density at radius 1 is 1.15 bits per heavy atom. The van der Waals surface area contributed by atoms with Crippen LogP contribution >= 0.6 is 0 Å². The van der Waals surface area contributed by atoms with Crippen LogP contribution in [-0.2, 0) is 11.2 Å². The van der Waals surface area contributed by atoms with E-state index in [0.29, 0.717) is 17.1 Å². The average Bonchev–Trinajstić information content (AvgIpc) is 2.89. The Morgan fingerprint density at radius 3 is 2.77 bits per heavy atom. The highest BCUT2D eigenvalue weighted by molar-refractivity contribution is 5.98. The van der Waals surface area contributed by atoms with Gasteiger partial charge in [-0.15, -0.1) is 0 Å². The Balaban J connectivity index is 1.75. The quantitative estimate of drug-likeness (QED) is 0.771. The maximum Gasteiger partial charge on any atom is 0.324 e. The van der Waals surface area contributed by atoms with Crippen LogP contribution < -0.4 is 14.8 Å². The number of amides is 1. The maximum absolute atomic E-state index is 11.5. The monoisotopic (exact) mass is 349 g/mol. The van der Waals surface area contributed by atoms with Crippen LogP contribution in [0.15, 0.2) is 42.5 Å². The molecular weight excluding hydrogens is 330 g/mol. The number of nitrogens with zero attached hydrogens (tertiary/aromatic N) is 2. The van der Waals surface area contributed by atoms with E-state index in [0.717, 1.165) is 23.1 Å². The van der Waals surface area contributed by atoms with Crippen LogP contribution in [0.3, 0.4) is 0 Å². The van der Waals surface area contributed by atoms with Gasteiger partial charge < -0.3 is 14.8 Å². The normalized spacial score (nSPS) is 14.6. The van der Waals surface area contributed by atoms with Crippen molar-refractivity contribution in [3.63, 3.8) is 0 Å². The van der Waals surface area contributed by atoms with Gasteiger partial charge >= 0.3 is 6.01 Å². The van der Waals surface area contributed by atoms with E-state index in [-0.39, 0.29) is 17.5 Å². The molecule has 0 radical (unpaired) electrons. The highest BCUT2D eigenvalue weighted by Crippen LogP contribution is 2.43. The predicted molar refractivity (Wildman–Crippen MR) is 98.8 cm³/mol. The number of para-hydroxylation sites is 2. The van der Waals surface area contributed by atoms with E-state index in [1.54, 1.807) is 0 Å². The number of aromatic nitrogens is 2. The van der Waals surface area contributed by atoms with Crippen molar-refractivity contribution in [3.05, 3.63) is 48.0 Å². The molecule has 0 unspecified atom stereocenters. The number of benzene rings is 2. The largest absolute Gasteiger partial charge is 0.483 e. The van der Waals surface area contributed by atoms with Gasteiger partial charge in [-0.05, 0) is 32.0 Å². The Hall–Kier alpha value is -3.15. The third kappa shape index (κ3) is 3.06. The number of fused-ring (bicyclic) bond motifs is 2. The molecule has 4 rings (SSSR count). The van der Waals surface area contributed by atoms with Crippen LogP contribution in [0, 0.1) is 0 Å². The summed E-state index contributed by atoms with van der Waals surface area (Å²) >= 11 is 0. The van der Waals surface area contributed by atoms with E-state index in [2.05, 4.69) is 15.3 Å². The van der Waals surface area contributed by atoms with Crippen LogP contribution in [0.2, 0.25) is 0 Å². The zero-order valence-electron chi connectivity index (χ0n) is 14.9. The third-order valence-electron chi connectivity index (χ3n) is 4.13. The fourth-order valence-electron chi connectivity index (χ4n) is 3.13. The zero-order valence-corrected chi connectivity index (χ0v) is 14.9. The molecular formula is C20H19N3O3. The average molecular weight is 349 g/mol. The van der Waals surface area contributed by atoms with E-state index < -0.39 is 0 Å². The standard InChI is InChI=1S/C20H19N3O3/c1-12(24)21-18-14-8-4-5-9-15(14)22-19(23-18)25-16-10-6-7-13-11-20(2,3)26-17(13)16/h4-10H,11H2,1-3H3,(H,21,22,23,24). The van der Waals surface area contributed by atoms with Crippen LogP contribution in [0.5, 0.6) is 17.5 Å². The van der Waals surface area contributed by atoms with Crippen molar-refractivity contribution in [3.8, 4) is 17.5 Å². The molecule has 0 saturated heterocycles. The summed E-state index contributed by atoms with van der Waals surface area (Å²) in [7, 11) is 0. The topological polar surface area (TPSA) is 73.3 Å². The second kappa shape index (κ2) is 5.98. The highest BCUT2D eigenvalue weighted by Gasteiger charge is 2.32. The maximum atomic E-state index is 11.5. The van der Waals surface area contributed by atoms with Crippen LogP contribution in [0.25, 0.3) is 10.9 Å². The SMILES string of the molecule is CC(=O)Nc1nc(Oc2cccc3c2OC(C)(C)C3)nc2ccccc12. The molecule has 0 aliphatic carbocycles. The molecule has 1 amide bonds. The first kappa shape index (κ1) is 16.3. The van der Waals surface area contributed by atoms with Gasteiger partial charge in [0, 0.05) is 24.3 Å². The minimum Gasteiger partial charge on any atom is -0.483 e. The van der Waals surface area contributed by atoms with Gasteiger partial charge in [-0.1, -0.05) is 24.3 Å². The molecule has 0 saturated carbocycles. The number of carbonyl (C=O) groups excluding carboxylic acids is 1. The van der Waals surface area contributed by atoms with E-state index in [9.17, 15) is 4.79 Å². The van der Waals surface area contributed by atoms with Gasteiger partial charge in [-0.3, -0.25) is 4.79 Å². The molecule has 0 bridgehead atoms. The zero-order chi connectivity index (χ0) is 18.3. The van der Waals surface area contributed by atoms with Crippen LogP contribution in [-0.4, -0.2) is 21.5 Å². The van der Waals surface area contributed by atoms with Gasteiger partial charge in [0.05, 0.1) is 5.52 Å². The number of anilines is 1. The van der Waals surface area contributed by atoms with Gasteiger partial charge in [0.25, 0.3) is 0 Å². The smallest absolute Gasteiger partial charge is 0.324 e. The summed E-state index contributed by atoms with van der Waals surface area (Å²) in [6, 6.07) is 13.4. The molecule has 2 heterocycles. The van der Waals surface area contributed by atoms with E-state index >= 15 is 0 Å². The van der Waals surface area contributed by atoms with Crippen molar-refractivity contribution < 1.29 is 14.3 Å². The number of ether oxygens (including phenoxy) is 2. The first-order valence-electron chi connectivity index (χ1n) is 8.44. The van der Waals surface area contributed by atoms with Crippen molar-refractivity contribution in [2.24, 2.45) is 0 Å². The summed E-state index contributed by atoms with van der Waals surface area (Å²) in [5.41, 5.74) is 1.51. The molecule has 1 aromatic heterocycles. The van der Waals surface area contributed by atoms with Gasteiger partial charge in [0.2, 0.25) is 5.91 Å². The molecule has 1 aliphatic heterocycles. The number of rotatable bonds is 3. The Morgan fingerprint density at radius 2 is 1.96 bits per heavy atom. The van der Waals surface area contributed by atoms with Crippen molar-refractivity contribution in [1.82, 2.24) is 9.97 Å². The second-order valence-corrected chi connectivity index (χ2v) is 6.94. The Labute approximate surface area is 151 Å². The summed E-state index contributed by atoms with van der Waals surface area (Å²) in [4.78, 5) is 20.4. The Bertz CT molecular complexity index is 1010. The lowest BCUT2D eigenvalue weighted by atomic mass is 10.0. The highest BCUT2D eigenvalue weighted by atomic mass is 16.5. The third-order valence-corrected chi connectivity index (χ3v) is 4.13. The summed E-state index contributed by atoms with van der Waals surface area (Å²) in [5.74, 6) is 1.50. The van der Waals surface area contributed by atoms with Crippen molar-refractivity contribution in [2.75, 3.05) is 5.32 Å². The summed E-state index contributed by atoms with van der Waals surface area (Å²) in [6.07, 6.45) is 0.815. The Kier molecular flexibility index (Phi) is 3.76. The fraction of sp³-hybridized carbons (Fsp3) is 0.250. The van der Waals surface area contributed by atoms with Crippen molar-refractivity contribution in [2.45, 2.75) is 32.8 Å². The summed E-state index contributed by atoms with van der Waals surface area (Å²) in [6.45, 7) is 5.52. The van der Waals surface area contributed by atoms with Gasteiger partial charge in [-0.25, -0.2) is 0 Å². The van der Waals surface area contributed by atoms with E-state index in [1.165, 1.54) is 6.92 Å². The molecule has 6 nitrogen and oxygen atoms in total. The number of nitrogens with one attached hydrogen (secondary N) is 1. The molecule has 1 N–H and O–H groups in total. The first-order chi connectivity index (χ1) is 12.4. The van der Waals surface area contributed by atoms with Gasteiger partial charge in [0.15, 0.2) is 11.5 Å². The molecule has 26 heavy (non-hydrogen) atoms. The summed E-state index contributed by atoms with van der Waals surface area (Å²) in [5, 5.41) is 3.49. The number of carbonyl (C=O) groups is 1. The molecule has 1 aliphatic rings. The van der Waals surface area contributed by atoms with Crippen molar-refractivity contribution >= 4 is 22.6 Å². The van der Waals surface area contributed by atoms with Gasteiger partial charge in [-0.2, -0.15) is 9.97 Å². The lowest BCUT2D eigenvalue weighted by Gasteiger charge is -2.18. The second-order valence-electron chi connectivity index (χ2n) is 6.94. The van der Waals surface area contributed by atoms with Gasteiger partial charge in [0.1, 0.15) is 11.4 Å². The van der Waals surface area contributed by atoms with E-state index in [4.69, 9.17) is 9.47 Å². The molecule has 6 heteroatoms. The van der Waals surface area contributed by atoms with E-state index in [1.807, 2.05) is 56.3 Å². The van der Waals surface area contributed by atoms with Crippen molar-refractivity contribution in [1.29, 1.82) is 0 Å². The molecule has 132 valence electrons. The summed E-state index contributed by atoms with van der Waals surface area (Å²) < 4.78 is 12.0. The minimum absolute atomic E-state index is 0.161.